The predicted octanol–water partition coefficient (Wildman–Crippen LogP) is 3.36. The number of fused-ring (bicyclic) bond motifs is 1. The van der Waals surface area contributed by atoms with Gasteiger partial charge in [-0.15, -0.1) is 0 Å². The lowest BCUT2D eigenvalue weighted by Crippen LogP contribution is -2.39. The van der Waals surface area contributed by atoms with Gasteiger partial charge in [0.2, 0.25) is 0 Å². The van der Waals surface area contributed by atoms with E-state index in [1.165, 1.54) is 24.0 Å². The molecule has 1 aliphatic heterocycles. The van der Waals surface area contributed by atoms with Crippen LogP contribution in [0.1, 0.15) is 43.9 Å². The number of benzene rings is 1. The van der Waals surface area contributed by atoms with Crippen LogP contribution in [0.3, 0.4) is 0 Å². The fraction of sp³-hybridized carbons (Fsp3) is 0.600. The number of hydrogen-bond donors (Lipinski definition) is 0. The number of aryl methyl sites for hydroxylation is 1. The Bertz CT molecular complexity index is 379. The summed E-state index contributed by atoms with van der Waals surface area (Å²) in [7, 11) is 2.22. The van der Waals surface area contributed by atoms with Crippen LogP contribution < -0.4 is 0 Å². The molecule has 0 N–H and O–H groups in total. The Balaban J connectivity index is 2.39. The smallest absolute Gasteiger partial charge is 0.0234 e. The van der Waals surface area contributed by atoms with Gasteiger partial charge >= 0.3 is 0 Å². The van der Waals surface area contributed by atoms with Crippen LogP contribution in [0.4, 0.5) is 0 Å². The van der Waals surface area contributed by atoms with E-state index in [2.05, 4.69) is 50.9 Å². The van der Waals surface area contributed by atoms with Crippen LogP contribution in [-0.2, 0) is 18.4 Å². The van der Waals surface area contributed by atoms with Crippen LogP contribution in [0.15, 0.2) is 18.2 Å². The van der Waals surface area contributed by atoms with Gasteiger partial charge in [0.1, 0.15) is 0 Å². The van der Waals surface area contributed by atoms with Crippen LogP contribution in [0.5, 0.6) is 0 Å². The highest BCUT2D eigenvalue weighted by Crippen LogP contribution is 2.33. The molecule has 0 saturated carbocycles. The highest BCUT2D eigenvalue weighted by Gasteiger charge is 2.29. The van der Waals surface area contributed by atoms with Gasteiger partial charge in [-0.3, -0.25) is 0 Å². The van der Waals surface area contributed by atoms with Crippen molar-refractivity contribution in [2.45, 2.75) is 45.6 Å². The fourth-order valence-corrected chi connectivity index (χ4v) is 2.99. The Morgan fingerprint density at radius 3 is 2.75 bits per heavy atom. The molecule has 0 radical (unpaired) electrons. The van der Waals surface area contributed by atoms with E-state index in [9.17, 15) is 0 Å². The molecule has 88 valence electrons. The maximum Gasteiger partial charge on any atom is 0.0234 e. The molecule has 0 bridgehead atoms. The quantitative estimate of drug-likeness (QED) is 0.734. The molecule has 1 aromatic carbocycles. The lowest BCUT2D eigenvalue weighted by Gasteiger charge is -2.38. The predicted molar refractivity (Wildman–Crippen MR) is 69.8 cm³/mol. The molecule has 0 aliphatic carbocycles. The van der Waals surface area contributed by atoms with Crippen LogP contribution in [0, 0.1) is 0 Å². The second-order valence-electron chi connectivity index (χ2n) is 5.80. The number of rotatable bonds is 2. The summed E-state index contributed by atoms with van der Waals surface area (Å²) in [5.41, 5.74) is 4.87. The third-order valence-electron chi connectivity index (χ3n) is 3.54. The van der Waals surface area contributed by atoms with Gasteiger partial charge < -0.3 is 4.90 Å². The van der Waals surface area contributed by atoms with Crippen LogP contribution in [-0.4, -0.2) is 18.5 Å². The molecule has 0 unspecified atom stereocenters. The number of hydrogen-bond acceptors (Lipinski definition) is 1. The van der Waals surface area contributed by atoms with Crippen molar-refractivity contribution in [1.29, 1.82) is 0 Å². The van der Waals surface area contributed by atoms with E-state index in [4.69, 9.17) is 0 Å². The lowest BCUT2D eigenvalue weighted by molar-refractivity contribution is 0.235. The van der Waals surface area contributed by atoms with E-state index >= 15 is 0 Å². The third-order valence-corrected chi connectivity index (χ3v) is 3.54. The van der Waals surface area contributed by atoms with E-state index in [-0.39, 0.29) is 0 Å². The highest BCUT2D eigenvalue weighted by atomic mass is 15.1. The van der Waals surface area contributed by atoms with E-state index in [0.29, 0.717) is 5.41 Å². The first-order valence-corrected chi connectivity index (χ1v) is 6.34. The molecular weight excluding hydrogens is 194 g/mol. The van der Waals surface area contributed by atoms with Gasteiger partial charge in [-0.05, 0) is 30.2 Å². The summed E-state index contributed by atoms with van der Waals surface area (Å²) < 4.78 is 0. The van der Waals surface area contributed by atoms with Gasteiger partial charge in [-0.2, -0.15) is 0 Å². The van der Waals surface area contributed by atoms with Gasteiger partial charge in [-0.25, -0.2) is 0 Å². The average molecular weight is 217 g/mol. The third kappa shape index (κ3) is 2.15. The molecule has 1 heteroatoms. The van der Waals surface area contributed by atoms with Crippen molar-refractivity contribution in [3.63, 3.8) is 0 Å². The SMILES string of the molecule is CCCc1ccc2c(c1)CN(C)CC2(C)C. The maximum atomic E-state index is 2.43. The summed E-state index contributed by atoms with van der Waals surface area (Å²) >= 11 is 0. The molecule has 0 amide bonds. The molecule has 0 fully saturated rings. The zero-order valence-corrected chi connectivity index (χ0v) is 11.0. The van der Waals surface area contributed by atoms with Crippen molar-refractivity contribution in [1.82, 2.24) is 4.90 Å². The Hall–Kier alpha value is -0.820. The molecule has 2 rings (SSSR count). The minimum absolute atomic E-state index is 0.299. The summed E-state index contributed by atoms with van der Waals surface area (Å²) in [6.45, 7) is 9.21. The van der Waals surface area contributed by atoms with Crippen molar-refractivity contribution in [3.05, 3.63) is 34.9 Å². The van der Waals surface area contributed by atoms with Gasteiger partial charge in [0.05, 0.1) is 0 Å². The van der Waals surface area contributed by atoms with E-state index < -0.39 is 0 Å². The molecule has 1 aromatic rings. The molecule has 0 atom stereocenters. The van der Waals surface area contributed by atoms with Crippen molar-refractivity contribution >= 4 is 0 Å². The largest absolute Gasteiger partial charge is 0.301 e. The van der Waals surface area contributed by atoms with Crippen molar-refractivity contribution in [2.75, 3.05) is 13.6 Å². The number of nitrogens with zero attached hydrogens (tertiary/aromatic N) is 1. The van der Waals surface area contributed by atoms with Crippen LogP contribution in [0.25, 0.3) is 0 Å². The molecular formula is C15H23N. The average Bonchev–Trinajstić information content (AvgIpc) is 2.15. The summed E-state index contributed by atoms with van der Waals surface area (Å²) in [4.78, 5) is 2.43. The Kier molecular flexibility index (Phi) is 3.07. The van der Waals surface area contributed by atoms with Gasteiger partial charge in [0.15, 0.2) is 0 Å². The van der Waals surface area contributed by atoms with E-state index in [1.807, 2.05) is 0 Å². The molecule has 1 nitrogen and oxygen atoms in total. The second-order valence-corrected chi connectivity index (χ2v) is 5.80. The molecule has 16 heavy (non-hydrogen) atoms. The van der Waals surface area contributed by atoms with Crippen LogP contribution >= 0.6 is 0 Å². The molecule has 1 aliphatic rings. The minimum Gasteiger partial charge on any atom is -0.301 e. The van der Waals surface area contributed by atoms with Crippen molar-refractivity contribution in [2.24, 2.45) is 0 Å². The van der Waals surface area contributed by atoms with Crippen LogP contribution in [0.2, 0.25) is 0 Å². The number of likely N-dealkylation sites (N-methyl/N-ethyl adjacent to an activating group) is 1. The molecule has 0 saturated heterocycles. The monoisotopic (exact) mass is 217 g/mol. The fourth-order valence-electron chi connectivity index (χ4n) is 2.99. The summed E-state index contributed by atoms with van der Waals surface area (Å²) in [6, 6.07) is 7.08. The summed E-state index contributed by atoms with van der Waals surface area (Å²) in [5.74, 6) is 0. The zero-order chi connectivity index (χ0) is 11.8. The summed E-state index contributed by atoms with van der Waals surface area (Å²) in [6.07, 6.45) is 2.44. The topological polar surface area (TPSA) is 3.24 Å². The Labute approximate surface area is 99.5 Å². The Morgan fingerprint density at radius 1 is 1.31 bits per heavy atom. The molecule has 0 aromatic heterocycles. The minimum atomic E-state index is 0.299. The maximum absolute atomic E-state index is 2.43. The lowest BCUT2D eigenvalue weighted by atomic mass is 9.78. The van der Waals surface area contributed by atoms with Crippen molar-refractivity contribution in [3.8, 4) is 0 Å². The highest BCUT2D eigenvalue weighted by molar-refractivity contribution is 5.39. The van der Waals surface area contributed by atoms with Crippen molar-refractivity contribution < 1.29 is 0 Å². The van der Waals surface area contributed by atoms with E-state index in [1.54, 1.807) is 5.56 Å². The Morgan fingerprint density at radius 2 is 2.06 bits per heavy atom. The standard InChI is InChI=1S/C15H23N/c1-5-6-12-7-8-14-13(9-12)10-16(4)11-15(14,2)3/h7-9H,5-6,10-11H2,1-4H3. The van der Waals surface area contributed by atoms with Gasteiger partial charge in [0, 0.05) is 18.5 Å². The first-order chi connectivity index (χ1) is 7.53. The van der Waals surface area contributed by atoms with E-state index in [0.717, 1.165) is 13.1 Å². The summed E-state index contributed by atoms with van der Waals surface area (Å²) in [5, 5.41) is 0. The van der Waals surface area contributed by atoms with Gasteiger partial charge in [0.25, 0.3) is 0 Å². The zero-order valence-electron chi connectivity index (χ0n) is 11.0. The molecule has 1 heterocycles. The second kappa shape index (κ2) is 4.21. The molecule has 0 spiro atoms. The normalized spacial score (nSPS) is 19.5. The van der Waals surface area contributed by atoms with Gasteiger partial charge in [-0.1, -0.05) is 45.4 Å². The first kappa shape index (κ1) is 11.7. The first-order valence-electron chi connectivity index (χ1n) is 6.34.